The number of nitrogens with one attached hydrogen (secondary N) is 2. The molecular formula is C16H19ClN2. The number of para-hydroxylation sites is 1. The van der Waals surface area contributed by atoms with Crippen molar-refractivity contribution in [3.8, 4) is 0 Å². The zero-order valence-electron chi connectivity index (χ0n) is 11.3. The summed E-state index contributed by atoms with van der Waals surface area (Å²) in [5.74, 6) is 0. The van der Waals surface area contributed by atoms with Gasteiger partial charge >= 0.3 is 0 Å². The average molecular weight is 275 g/mol. The minimum atomic E-state index is 0.757. The van der Waals surface area contributed by atoms with Crippen molar-refractivity contribution in [3.63, 3.8) is 0 Å². The van der Waals surface area contributed by atoms with Crippen molar-refractivity contribution in [2.45, 2.75) is 13.8 Å². The molecule has 0 atom stereocenters. The second kappa shape index (κ2) is 6.48. The molecule has 2 rings (SSSR count). The van der Waals surface area contributed by atoms with Gasteiger partial charge in [-0.15, -0.1) is 0 Å². The quantitative estimate of drug-likeness (QED) is 0.786. The molecule has 0 saturated heterocycles. The van der Waals surface area contributed by atoms with Gasteiger partial charge in [-0.3, -0.25) is 0 Å². The van der Waals surface area contributed by atoms with Crippen molar-refractivity contribution in [1.82, 2.24) is 0 Å². The van der Waals surface area contributed by atoms with Gasteiger partial charge in [0.1, 0.15) is 0 Å². The van der Waals surface area contributed by atoms with Gasteiger partial charge in [0.05, 0.1) is 0 Å². The Labute approximate surface area is 119 Å². The number of halogens is 1. The fraction of sp³-hybridized carbons (Fsp3) is 0.250. The molecular weight excluding hydrogens is 256 g/mol. The Morgan fingerprint density at radius 1 is 0.895 bits per heavy atom. The molecule has 0 aliphatic carbocycles. The maximum atomic E-state index is 5.94. The molecule has 0 amide bonds. The third kappa shape index (κ3) is 3.90. The number of benzene rings is 2. The lowest BCUT2D eigenvalue weighted by atomic mass is 10.1. The first-order valence-corrected chi connectivity index (χ1v) is 6.84. The van der Waals surface area contributed by atoms with Crippen molar-refractivity contribution in [3.05, 3.63) is 58.6 Å². The minimum Gasteiger partial charge on any atom is -0.383 e. The lowest BCUT2D eigenvalue weighted by Gasteiger charge is -2.13. The first-order valence-electron chi connectivity index (χ1n) is 6.46. The summed E-state index contributed by atoms with van der Waals surface area (Å²) in [6, 6.07) is 14.1. The van der Waals surface area contributed by atoms with Crippen molar-refractivity contribution < 1.29 is 0 Å². The van der Waals surface area contributed by atoms with Crippen LogP contribution in [0.5, 0.6) is 0 Å². The van der Waals surface area contributed by atoms with Crippen molar-refractivity contribution in [2.75, 3.05) is 23.7 Å². The van der Waals surface area contributed by atoms with E-state index in [0.29, 0.717) is 0 Å². The van der Waals surface area contributed by atoms with Gasteiger partial charge < -0.3 is 10.6 Å². The summed E-state index contributed by atoms with van der Waals surface area (Å²) in [4.78, 5) is 0. The summed E-state index contributed by atoms with van der Waals surface area (Å²) < 4.78 is 0. The highest BCUT2D eigenvalue weighted by Crippen LogP contribution is 2.19. The zero-order valence-corrected chi connectivity index (χ0v) is 12.1. The topological polar surface area (TPSA) is 24.1 Å². The Hall–Kier alpha value is -1.67. The molecule has 0 aromatic heterocycles. The summed E-state index contributed by atoms with van der Waals surface area (Å²) in [6.45, 7) is 5.98. The maximum absolute atomic E-state index is 5.94. The Kier molecular flexibility index (Phi) is 4.69. The molecule has 0 radical (unpaired) electrons. The maximum Gasteiger partial charge on any atom is 0.0426 e. The van der Waals surface area contributed by atoms with E-state index in [2.05, 4.69) is 42.7 Å². The average Bonchev–Trinajstić information content (AvgIpc) is 2.37. The van der Waals surface area contributed by atoms with Crippen LogP contribution in [0.15, 0.2) is 42.5 Å². The van der Waals surface area contributed by atoms with Crippen LogP contribution >= 0.6 is 11.6 Å². The molecule has 2 aromatic rings. The molecule has 0 saturated carbocycles. The van der Waals surface area contributed by atoms with E-state index in [1.807, 2.05) is 24.3 Å². The van der Waals surface area contributed by atoms with Crippen LogP contribution in [0.3, 0.4) is 0 Å². The molecule has 0 bridgehead atoms. The number of rotatable bonds is 5. The van der Waals surface area contributed by atoms with Crippen molar-refractivity contribution >= 4 is 23.0 Å². The molecule has 100 valence electrons. The van der Waals surface area contributed by atoms with Crippen molar-refractivity contribution in [1.29, 1.82) is 0 Å². The van der Waals surface area contributed by atoms with Gasteiger partial charge in [-0.1, -0.05) is 35.9 Å². The standard InChI is InChI=1S/C16H19ClN2/c1-12-5-3-6-13(2)16(12)19-10-9-18-15-8-4-7-14(17)11-15/h3-8,11,18-19H,9-10H2,1-2H3. The zero-order chi connectivity index (χ0) is 13.7. The summed E-state index contributed by atoms with van der Waals surface area (Å²) in [7, 11) is 0. The fourth-order valence-corrected chi connectivity index (χ4v) is 2.28. The highest BCUT2D eigenvalue weighted by Gasteiger charge is 2.00. The number of anilines is 2. The first kappa shape index (κ1) is 13.8. The molecule has 2 nitrogen and oxygen atoms in total. The lowest BCUT2D eigenvalue weighted by Crippen LogP contribution is -2.14. The highest BCUT2D eigenvalue weighted by atomic mass is 35.5. The van der Waals surface area contributed by atoms with Gasteiger partial charge in [0.2, 0.25) is 0 Å². The molecule has 0 heterocycles. The minimum absolute atomic E-state index is 0.757. The van der Waals surface area contributed by atoms with E-state index in [1.165, 1.54) is 16.8 Å². The van der Waals surface area contributed by atoms with Crippen LogP contribution in [-0.4, -0.2) is 13.1 Å². The van der Waals surface area contributed by atoms with E-state index >= 15 is 0 Å². The number of hydrogen-bond acceptors (Lipinski definition) is 2. The predicted molar refractivity (Wildman–Crippen MR) is 84.3 cm³/mol. The molecule has 3 heteroatoms. The summed E-state index contributed by atoms with van der Waals surface area (Å²) in [5.41, 5.74) is 4.84. The Bertz CT molecular complexity index is 532. The van der Waals surface area contributed by atoms with E-state index in [-0.39, 0.29) is 0 Å². The Morgan fingerprint density at radius 3 is 2.21 bits per heavy atom. The van der Waals surface area contributed by atoms with E-state index in [0.717, 1.165) is 23.8 Å². The molecule has 19 heavy (non-hydrogen) atoms. The number of aryl methyl sites for hydroxylation is 2. The molecule has 0 fully saturated rings. The Balaban J connectivity index is 1.84. The van der Waals surface area contributed by atoms with Crippen LogP contribution in [0.1, 0.15) is 11.1 Å². The van der Waals surface area contributed by atoms with Gasteiger partial charge in [-0.2, -0.15) is 0 Å². The summed E-state index contributed by atoms with van der Waals surface area (Å²) in [6.07, 6.45) is 0. The van der Waals surface area contributed by atoms with Crippen LogP contribution in [0, 0.1) is 13.8 Å². The lowest BCUT2D eigenvalue weighted by molar-refractivity contribution is 1.07. The smallest absolute Gasteiger partial charge is 0.0426 e. The van der Waals surface area contributed by atoms with Gasteiger partial charge in [0.25, 0.3) is 0 Å². The van der Waals surface area contributed by atoms with Gasteiger partial charge in [0.15, 0.2) is 0 Å². The van der Waals surface area contributed by atoms with Crippen LogP contribution in [0.2, 0.25) is 5.02 Å². The second-order valence-electron chi connectivity index (χ2n) is 4.63. The third-order valence-corrected chi connectivity index (χ3v) is 3.30. The van der Waals surface area contributed by atoms with E-state index < -0.39 is 0 Å². The van der Waals surface area contributed by atoms with Gasteiger partial charge in [0, 0.05) is 29.5 Å². The molecule has 0 unspecified atom stereocenters. The third-order valence-electron chi connectivity index (χ3n) is 3.06. The normalized spacial score (nSPS) is 10.3. The van der Waals surface area contributed by atoms with Crippen LogP contribution < -0.4 is 10.6 Å². The van der Waals surface area contributed by atoms with Crippen LogP contribution in [0.4, 0.5) is 11.4 Å². The second-order valence-corrected chi connectivity index (χ2v) is 5.07. The molecule has 0 spiro atoms. The van der Waals surface area contributed by atoms with Crippen molar-refractivity contribution in [2.24, 2.45) is 0 Å². The van der Waals surface area contributed by atoms with Gasteiger partial charge in [-0.25, -0.2) is 0 Å². The van der Waals surface area contributed by atoms with Crippen LogP contribution in [0.25, 0.3) is 0 Å². The van der Waals surface area contributed by atoms with E-state index in [4.69, 9.17) is 11.6 Å². The summed E-state index contributed by atoms with van der Waals surface area (Å²) >= 11 is 5.94. The molecule has 0 aliphatic rings. The number of hydrogen-bond donors (Lipinski definition) is 2. The fourth-order valence-electron chi connectivity index (χ4n) is 2.09. The summed E-state index contributed by atoms with van der Waals surface area (Å²) in [5, 5.41) is 7.58. The van der Waals surface area contributed by atoms with Gasteiger partial charge in [-0.05, 0) is 43.2 Å². The monoisotopic (exact) mass is 274 g/mol. The first-order chi connectivity index (χ1) is 9.16. The molecule has 2 aromatic carbocycles. The largest absolute Gasteiger partial charge is 0.383 e. The predicted octanol–water partition coefficient (Wildman–Crippen LogP) is 4.48. The van der Waals surface area contributed by atoms with E-state index in [1.54, 1.807) is 0 Å². The van der Waals surface area contributed by atoms with E-state index in [9.17, 15) is 0 Å². The highest BCUT2D eigenvalue weighted by molar-refractivity contribution is 6.30. The molecule has 0 aliphatic heterocycles. The molecule has 2 N–H and O–H groups in total. The SMILES string of the molecule is Cc1cccc(C)c1NCCNc1cccc(Cl)c1. The van der Waals surface area contributed by atoms with Crippen LogP contribution in [-0.2, 0) is 0 Å². The Morgan fingerprint density at radius 2 is 1.53 bits per heavy atom.